The molecule has 0 spiro atoms. The van der Waals surface area contributed by atoms with E-state index in [1.54, 1.807) is 0 Å². The molecule has 0 radical (unpaired) electrons. The van der Waals surface area contributed by atoms with Gasteiger partial charge in [-0.25, -0.2) is 5.06 Å². The number of para-hydroxylation sites is 1. The number of nitrogens with zero attached hydrogens (tertiary/aromatic N) is 1. The van der Waals surface area contributed by atoms with E-state index in [1.165, 1.54) is 0 Å². The molecule has 0 aromatic heterocycles. The highest BCUT2D eigenvalue weighted by atomic mass is 16.8. The summed E-state index contributed by atoms with van der Waals surface area (Å²) < 4.78 is 11.3. The van der Waals surface area contributed by atoms with Crippen molar-refractivity contribution in [2.75, 3.05) is 18.3 Å². The van der Waals surface area contributed by atoms with Gasteiger partial charge in [-0.05, 0) is 34.4 Å². The Hall–Kier alpha value is -3.07. The van der Waals surface area contributed by atoms with Gasteiger partial charge in [0.25, 0.3) is 0 Å². The van der Waals surface area contributed by atoms with Crippen molar-refractivity contribution in [1.82, 2.24) is 0 Å². The van der Waals surface area contributed by atoms with Gasteiger partial charge in [-0.15, -0.1) is 0 Å². The van der Waals surface area contributed by atoms with Crippen molar-refractivity contribution in [3.8, 4) is 11.1 Å². The topological polar surface area (TPSA) is 88.5 Å². The number of hydrogen-bond acceptors (Lipinski definition) is 7. The molecule has 3 aromatic carbocycles. The Morgan fingerprint density at radius 2 is 1.62 bits per heavy atom. The summed E-state index contributed by atoms with van der Waals surface area (Å²) in [6.07, 6.45) is -2.37. The van der Waals surface area contributed by atoms with Crippen LogP contribution in [0.15, 0.2) is 78.9 Å². The van der Waals surface area contributed by atoms with E-state index in [-0.39, 0.29) is 24.5 Å². The molecule has 3 saturated heterocycles. The van der Waals surface area contributed by atoms with Crippen LogP contribution in [0.1, 0.15) is 23.3 Å². The Kier molecular flexibility index (Phi) is 5.44. The lowest BCUT2D eigenvalue weighted by Gasteiger charge is -2.29. The van der Waals surface area contributed by atoms with Crippen LogP contribution in [-0.4, -0.2) is 47.7 Å². The van der Waals surface area contributed by atoms with Gasteiger partial charge >= 0.3 is 0 Å². The molecule has 6 atom stereocenters. The van der Waals surface area contributed by atoms with Gasteiger partial charge in [-0.3, -0.25) is 9.63 Å². The molecule has 3 heterocycles. The molecule has 6 rings (SSSR count). The van der Waals surface area contributed by atoms with Crippen LogP contribution in [0.4, 0.5) is 5.69 Å². The van der Waals surface area contributed by atoms with E-state index < -0.39 is 24.4 Å². The Balaban J connectivity index is 1.34. The summed E-state index contributed by atoms with van der Waals surface area (Å²) in [5.41, 5.74) is 4.53. The van der Waals surface area contributed by atoms with Gasteiger partial charge in [0.2, 0.25) is 6.29 Å². The number of benzene rings is 3. The average molecular weight is 459 g/mol. The lowest BCUT2D eigenvalue weighted by atomic mass is 9.82. The van der Waals surface area contributed by atoms with E-state index in [1.807, 2.05) is 83.9 Å². The highest BCUT2D eigenvalue weighted by molar-refractivity contribution is 5.88. The number of fused-ring (bicyclic) bond motifs is 4. The fourth-order valence-corrected chi connectivity index (χ4v) is 5.12. The summed E-state index contributed by atoms with van der Waals surface area (Å²) in [6, 6.07) is 25.1. The predicted molar refractivity (Wildman–Crippen MR) is 124 cm³/mol. The minimum atomic E-state index is -0.882. The summed E-state index contributed by atoms with van der Waals surface area (Å²) in [7, 11) is 0. The molecule has 7 nitrogen and oxygen atoms in total. The number of anilines is 1. The lowest BCUT2D eigenvalue weighted by Crippen LogP contribution is -2.46. The number of rotatable bonds is 5. The van der Waals surface area contributed by atoms with Crippen molar-refractivity contribution < 1.29 is 29.3 Å². The summed E-state index contributed by atoms with van der Waals surface area (Å²) in [5.74, 6) is -0.471. The average Bonchev–Trinajstić information content (AvgIpc) is 3.52. The van der Waals surface area contributed by atoms with Crippen LogP contribution >= 0.6 is 0 Å². The molecule has 3 aliphatic rings. The van der Waals surface area contributed by atoms with E-state index in [0.717, 1.165) is 22.4 Å². The molecule has 0 aliphatic carbocycles. The minimum Gasteiger partial charge on any atom is -0.393 e. The van der Waals surface area contributed by atoms with Gasteiger partial charge < -0.3 is 19.7 Å². The van der Waals surface area contributed by atoms with Crippen molar-refractivity contribution in [3.05, 3.63) is 90.0 Å². The Morgan fingerprint density at radius 1 is 0.941 bits per heavy atom. The molecule has 0 saturated carbocycles. The van der Waals surface area contributed by atoms with Crippen LogP contribution < -0.4 is 5.06 Å². The van der Waals surface area contributed by atoms with E-state index in [0.29, 0.717) is 12.2 Å². The van der Waals surface area contributed by atoms with Crippen LogP contribution in [0.25, 0.3) is 11.1 Å². The number of hydroxylamine groups is 1. The second-order valence-electron chi connectivity index (χ2n) is 8.89. The maximum absolute atomic E-state index is 13.2. The molecule has 2 bridgehead atoms. The molecular formula is C27H25NO6. The first-order valence-corrected chi connectivity index (χ1v) is 11.4. The first kappa shape index (κ1) is 21.5. The van der Waals surface area contributed by atoms with Crippen LogP contribution in [0.3, 0.4) is 0 Å². The van der Waals surface area contributed by atoms with Gasteiger partial charge in [0, 0.05) is 0 Å². The fourth-order valence-electron chi connectivity index (χ4n) is 5.12. The molecule has 34 heavy (non-hydrogen) atoms. The largest absolute Gasteiger partial charge is 0.393 e. The molecule has 174 valence electrons. The van der Waals surface area contributed by atoms with Gasteiger partial charge in [0.05, 0.1) is 30.9 Å². The number of aliphatic hydroxyl groups is 2. The normalized spacial score (nSPS) is 28.7. The molecule has 1 unspecified atom stereocenters. The van der Waals surface area contributed by atoms with Crippen molar-refractivity contribution in [2.24, 2.45) is 5.92 Å². The van der Waals surface area contributed by atoms with E-state index in [4.69, 9.17) is 19.4 Å². The van der Waals surface area contributed by atoms with Crippen LogP contribution in [0.5, 0.6) is 0 Å². The maximum Gasteiger partial charge on any atom is 0.218 e. The maximum atomic E-state index is 13.2. The Labute approximate surface area is 197 Å². The first-order chi connectivity index (χ1) is 16.6. The third kappa shape index (κ3) is 3.53. The second-order valence-corrected chi connectivity index (χ2v) is 8.89. The van der Waals surface area contributed by atoms with Gasteiger partial charge in [0.1, 0.15) is 18.3 Å². The quantitative estimate of drug-likeness (QED) is 0.606. The van der Waals surface area contributed by atoms with Crippen LogP contribution in [-0.2, 0) is 19.1 Å². The number of Topliss-reactive ketones (excluding diaryl/α,β-unsaturated/α-hetero) is 1. The smallest absolute Gasteiger partial charge is 0.218 e. The standard InChI is InChI=1S/C27H25NO6/c29-14-21(30)18-10-6-16(7-11-18)17-8-12-19(13-9-17)24-23-25(31)27-32-15-22(33-27)26(23)34-28(24)20-4-2-1-3-5-20/h1-13,21-24,26-27,29-30H,14-15H2/t21?,22-,23+,24-,26-,27+/m1/s1. The van der Waals surface area contributed by atoms with E-state index >= 15 is 0 Å². The van der Waals surface area contributed by atoms with Crippen LogP contribution in [0, 0.1) is 5.92 Å². The fraction of sp³-hybridized carbons (Fsp3) is 0.296. The lowest BCUT2D eigenvalue weighted by molar-refractivity contribution is -0.169. The third-order valence-electron chi connectivity index (χ3n) is 6.88. The molecule has 3 aromatic rings. The number of carbonyl (C=O) groups excluding carboxylic acids is 1. The zero-order valence-corrected chi connectivity index (χ0v) is 18.4. The molecular weight excluding hydrogens is 434 g/mol. The summed E-state index contributed by atoms with van der Waals surface area (Å²) in [5, 5.41) is 20.8. The number of ketones is 1. The molecule has 7 heteroatoms. The SMILES string of the molecule is O=C1[C@H]2OC[C@@H](O2)[C@H]2ON(c3ccccc3)[C@H](c3ccc(-c4ccc(C(O)CO)cc4)cc3)[C@@H]12. The summed E-state index contributed by atoms with van der Waals surface area (Å²) in [6.45, 7) is 0.0426. The van der Waals surface area contributed by atoms with E-state index in [9.17, 15) is 9.90 Å². The Morgan fingerprint density at radius 3 is 2.29 bits per heavy atom. The van der Waals surface area contributed by atoms with Gasteiger partial charge in [-0.2, -0.15) is 0 Å². The summed E-state index contributed by atoms with van der Waals surface area (Å²) >= 11 is 0. The number of aliphatic hydroxyl groups excluding tert-OH is 2. The summed E-state index contributed by atoms with van der Waals surface area (Å²) in [4.78, 5) is 19.6. The number of carbonyl (C=O) groups is 1. The Bertz CT molecular complexity index is 1170. The zero-order valence-electron chi connectivity index (χ0n) is 18.4. The van der Waals surface area contributed by atoms with Crippen molar-refractivity contribution >= 4 is 11.5 Å². The zero-order chi connectivity index (χ0) is 23.2. The first-order valence-electron chi connectivity index (χ1n) is 11.4. The van der Waals surface area contributed by atoms with Crippen molar-refractivity contribution in [2.45, 2.75) is 30.6 Å². The minimum absolute atomic E-state index is 0.0794. The molecule has 3 aliphatic heterocycles. The number of ether oxygens (including phenoxy) is 2. The van der Waals surface area contributed by atoms with Gasteiger partial charge in [0.15, 0.2) is 5.78 Å². The molecule has 3 fully saturated rings. The van der Waals surface area contributed by atoms with Crippen molar-refractivity contribution in [3.63, 3.8) is 0 Å². The number of hydrogen-bond donors (Lipinski definition) is 2. The highest BCUT2D eigenvalue weighted by Crippen LogP contribution is 2.48. The molecule has 2 N–H and O–H groups in total. The highest BCUT2D eigenvalue weighted by Gasteiger charge is 2.59. The monoisotopic (exact) mass is 459 g/mol. The second kappa shape index (κ2) is 8.61. The van der Waals surface area contributed by atoms with Crippen molar-refractivity contribution in [1.29, 1.82) is 0 Å². The van der Waals surface area contributed by atoms with Crippen LogP contribution in [0.2, 0.25) is 0 Å². The predicted octanol–water partition coefficient (Wildman–Crippen LogP) is 3.18. The molecule has 0 amide bonds. The third-order valence-corrected chi connectivity index (χ3v) is 6.88. The van der Waals surface area contributed by atoms with E-state index in [2.05, 4.69) is 0 Å². The van der Waals surface area contributed by atoms with Gasteiger partial charge in [-0.1, -0.05) is 66.7 Å².